The molecule has 0 aliphatic heterocycles. The highest BCUT2D eigenvalue weighted by Gasteiger charge is 2.11. The SMILES string of the molecule is CCn1c(SCCC(=O)Nc2ccc(C)cc2)nc2ccccc2c1=O. The number of aromatic nitrogens is 2. The van der Waals surface area contributed by atoms with Crippen LogP contribution in [-0.2, 0) is 11.3 Å². The summed E-state index contributed by atoms with van der Waals surface area (Å²) in [5, 5.41) is 4.16. The minimum absolute atomic E-state index is 0.0373. The van der Waals surface area contributed by atoms with Crippen molar-refractivity contribution in [2.45, 2.75) is 32.0 Å². The number of benzene rings is 2. The maximum absolute atomic E-state index is 12.6. The predicted molar refractivity (Wildman–Crippen MR) is 107 cm³/mol. The molecule has 2 aromatic carbocycles. The summed E-state index contributed by atoms with van der Waals surface area (Å²) >= 11 is 1.43. The van der Waals surface area contributed by atoms with Gasteiger partial charge in [0.05, 0.1) is 10.9 Å². The zero-order valence-electron chi connectivity index (χ0n) is 14.9. The number of aryl methyl sites for hydroxylation is 1. The zero-order chi connectivity index (χ0) is 18.5. The molecule has 134 valence electrons. The standard InChI is InChI=1S/C20H21N3O2S/c1-3-23-19(25)16-6-4-5-7-17(16)22-20(23)26-13-12-18(24)21-15-10-8-14(2)9-11-15/h4-11H,3,12-13H2,1-2H3,(H,21,24). The van der Waals surface area contributed by atoms with Crippen LogP contribution in [0.25, 0.3) is 10.9 Å². The number of thioether (sulfide) groups is 1. The van der Waals surface area contributed by atoms with E-state index in [9.17, 15) is 9.59 Å². The fourth-order valence-electron chi connectivity index (χ4n) is 2.63. The van der Waals surface area contributed by atoms with Gasteiger partial charge in [-0.3, -0.25) is 14.2 Å². The van der Waals surface area contributed by atoms with Crippen molar-refractivity contribution in [1.29, 1.82) is 0 Å². The van der Waals surface area contributed by atoms with E-state index in [1.807, 2.05) is 56.3 Å². The first-order chi connectivity index (χ1) is 12.6. The summed E-state index contributed by atoms with van der Waals surface area (Å²) in [5.41, 5.74) is 2.59. The van der Waals surface area contributed by atoms with Crippen LogP contribution in [0.5, 0.6) is 0 Å². The van der Waals surface area contributed by atoms with Gasteiger partial charge in [0.1, 0.15) is 0 Å². The molecule has 1 aromatic heterocycles. The zero-order valence-corrected chi connectivity index (χ0v) is 15.7. The minimum atomic E-state index is -0.0486. The Morgan fingerprint density at radius 2 is 1.88 bits per heavy atom. The van der Waals surface area contributed by atoms with Crippen molar-refractivity contribution >= 4 is 34.3 Å². The lowest BCUT2D eigenvalue weighted by Crippen LogP contribution is -2.22. The summed E-state index contributed by atoms with van der Waals surface area (Å²) in [6, 6.07) is 15.0. The first kappa shape index (κ1) is 18.2. The van der Waals surface area contributed by atoms with Gasteiger partial charge in [0.2, 0.25) is 5.91 Å². The van der Waals surface area contributed by atoms with E-state index in [1.54, 1.807) is 10.6 Å². The van der Waals surface area contributed by atoms with E-state index in [0.29, 0.717) is 34.8 Å². The number of carbonyl (C=O) groups is 1. The van der Waals surface area contributed by atoms with Crippen molar-refractivity contribution in [3.63, 3.8) is 0 Å². The van der Waals surface area contributed by atoms with E-state index < -0.39 is 0 Å². The lowest BCUT2D eigenvalue weighted by molar-refractivity contribution is -0.115. The van der Waals surface area contributed by atoms with Crippen molar-refractivity contribution in [3.8, 4) is 0 Å². The smallest absolute Gasteiger partial charge is 0.262 e. The van der Waals surface area contributed by atoms with Crippen molar-refractivity contribution < 1.29 is 4.79 Å². The fraction of sp³-hybridized carbons (Fsp3) is 0.250. The molecule has 26 heavy (non-hydrogen) atoms. The minimum Gasteiger partial charge on any atom is -0.326 e. The number of rotatable bonds is 6. The van der Waals surface area contributed by atoms with E-state index in [4.69, 9.17) is 0 Å². The second-order valence-electron chi connectivity index (χ2n) is 5.97. The molecule has 0 bridgehead atoms. The first-order valence-corrected chi connectivity index (χ1v) is 9.56. The van der Waals surface area contributed by atoms with Gasteiger partial charge in [0.15, 0.2) is 5.16 Å². The Morgan fingerprint density at radius 3 is 2.62 bits per heavy atom. The largest absolute Gasteiger partial charge is 0.326 e. The Labute approximate surface area is 156 Å². The van der Waals surface area contributed by atoms with Gasteiger partial charge in [-0.1, -0.05) is 41.6 Å². The highest BCUT2D eigenvalue weighted by molar-refractivity contribution is 7.99. The van der Waals surface area contributed by atoms with E-state index >= 15 is 0 Å². The monoisotopic (exact) mass is 367 g/mol. The van der Waals surface area contributed by atoms with E-state index in [-0.39, 0.29) is 11.5 Å². The van der Waals surface area contributed by atoms with Gasteiger partial charge in [-0.15, -0.1) is 0 Å². The quantitative estimate of drug-likeness (QED) is 0.531. The lowest BCUT2D eigenvalue weighted by Gasteiger charge is -2.11. The molecule has 3 aromatic rings. The Kier molecular flexibility index (Phi) is 5.73. The average Bonchev–Trinajstić information content (AvgIpc) is 2.64. The molecule has 1 amide bonds. The van der Waals surface area contributed by atoms with Crippen molar-refractivity contribution in [1.82, 2.24) is 9.55 Å². The van der Waals surface area contributed by atoms with Crippen LogP contribution in [0.1, 0.15) is 18.9 Å². The van der Waals surface area contributed by atoms with Crippen molar-refractivity contribution in [2.75, 3.05) is 11.1 Å². The van der Waals surface area contributed by atoms with E-state index in [0.717, 1.165) is 11.3 Å². The lowest BCUT2D eigenvalue weighted by atomic mass is 10.2. The molecule has 1 N–H and O–H groups in total. The molecule has 0 atom stereocenters. The number of nitrogens with zero attached hydrogens (tertiary/aromatic N) is 2. The number of para-hydroxylation sites is 1. The number of hydrogen-bond donors (Lipinski definition) is 1. The summed E-state index contributed by atoms with van der Waals surface area (Å²) in [6.07, 6.45) is 0.352. The van der Waals surface area contributed by atoms with Crippen LogP contribution >= 0.6 is 11.8 Å². The van der Waals surface area contributed by atoms with Crippen LogP contribution < -0.4 is 10.9 Å². The molecule has 0 saturated heterocycles. The van der Waals surface area contributed by atoms with Gasteiger partial charge in [-0.05, 0) is 38.1 Å². The second-order valence-corrected chi connectivity index (χ2v) is 7.04. The highest BCUT2D eigenvalue weighted by Crippen LogP contribution is 2.19. The molecule has 1 heterocycles. The Morgan fingerprint density at radius 1 is 1.15 bits per heavy atom. The van der Waals surface area contributed by atoms with Gasteiger partial charge >= 0.3 is 0 Å². The van der Waals surface area contributed by atoms with Crippen LogP contribution in [-0.4, -0.2) is 21.2 Å². The number of amides is 1. The molecule has 0 fully saturated rings. The number of fused-ring (bicyclic) bond motifs is 1. The molecular weight excluding hydrogens is 346 g/mol. The van der Waals surface area contributed by atoms with Crippen LogP contribution in [0.15, 0.2) is 58.5 Å². The van der Waals surface area contributed by atoms with Crippen LogP contribution in [0, 0.1) is 6.92 Å². The Bertz CT molecular complexity index is 981. The summed E-state index contributed by atoms with van der Waals surface area (Å²) in [7, 11) is 0. The van der Waals surface area contributed by atoms with Gasteiger partial charge in [0, 0.05) is 24.4 Å². The Balaban J connectivity index is 1.66. The molecule has 0 unspecified atom stereocenters. The van der Waals surface area contributed by atoms with Gasteiger partial charge in [-0.25, -0.2) is 4.98 Å². The fourth-order valence-corrected chi connectivity index (χ4v) is 3.63. The van der Waals surface area contributed by atoms with Gasteiger partial charge < -0.3 is 5.32 Å². The molecule has 0 spiro atoms. The van der Waals surface area contributed by atoms with Crippen LogP contribution in [0.3, 0.4) is 0 Å². The summed E-state index contributed by atoms with van der Waals surface area (Å²) in [6.45, 7) is 4.48. The average molecular weight is 367 g/mol. The first-order valence-electron chi connectivity index (χ1n) is 8.57. The third-order valence-electron chi connectivity index (χ3n) is 4.04. The van der Waals surface area contributed by atoms with E-state index in [1.165, 1.54) is 11.8 Å². The van der Waals surface area contributed by atoms with Crippen molar-refractivity contribution in [3.05, 3.63) is 64.4 Å². The molecule has 3 rings (SSSR count). The molecule has 0 radical (unpaired) electrons. The van der Waals surface area contributed by atoms with Crippen molar-refractivity contribution in [2.24, 2.45) is 0 Å². The predicted octanol–water partition coefficient (Wildman–Crippen LogP) is 3.85. The summed E-state index contributed by atoms with van der Waals surface area (Å²) in [5.74, 6) is 0.509. The maximum Gasteiger partial charge on any atom is 0.262 e. The third kappa shape index (κ3) is 4.14. The molecule has 5 nitrogen and oxygen atoms in total. The second kappa shape index (κ2) is 8.19. The third-order valence-corrected chi connectivity index (χ3v) is 5.02. The summed E-state index contributed by atoms with van der Waals surface area (Å²) < 4.78 is 1.66. The molecule has 0 aliphatic carbocycles. The Hall–Kier alpha value is -2.60. The molecular formula is C20H21N3O2S. The highest BCUT2D eigenvalue weighted by atomic mass is 32.2. The van der Waals surface area contributed by atoms with Gasteiger partial charge in [0.25, 0.3) is 5.56 Å². The number of hydrogen-bond acceptors (Lipinski definition) is 4. The normalized spacial score (nSPS) is 10.8. The molecule has 6 heteroatoms. The number of nitrogens with one attached hydrogen (secondary N) is 1. The summed E-state index contributed by atoms with van der Waals surface area (Å²) in [4.78, 5) is 29.3. The van der Waals surface area contributed by atoms with Crippen LogP contribution in [0.4, 0.5) is 5.69 Å². The maximum atomic E-state index is 12.6. The van der Waals surface area contributed by atoms with Crippen LogP contribution in [0.2, 0.25) is 0 Å². The topological polar surface area (TPSA) is 64.0 Å². The number of anilines is 1. The number of carbonyl (C=O) groups excluding carboxylic acids is 1. The van der Waals surface area contributed by atoms with E-state index in [2.05, 4.69) is 10.3 Å². The molecule has 0 saturated carbocycles. The van der Waals surface area contributed by atoms with Gasteiger partial charge in [-0.2, -0.15) is 0 Å². The molecule has 0 aliphatic rings.